The fourth-order valence-electron chi connectivity index (χ4n) is 1.35. The van der Waals surface area contributed by atoms with E-state index in [0.29, 0.717) is 5.02 Å². The number of hydrogen-bond acceptors (Lipinski definition) is 0. The van der Waals surface area contributed by atoms with Crippen LogP contribution in [0.5, 0.6) is 0 Å². The fraction of sp³-hybridized carbons (Fsp3) is 0.0909. The van der Waals surface area contributed by atoms with Crippen molar-refractivity contribution in [1.29, 1.82) is 0 Å². The van der Waals surface area contributed by atoms with Gasteiger partial charge in [-0.25, -0.2) is 0 Å². The molecule has 0 aliphatic carbocycles. The average molecular weight is 226 g/mol. The van der Waals surface area contributed by atoms with Crippen molar-refractivity contribution in [3.05, 3.63) is 57.8 Å². The lowest BCUT2D eigenvalue weighted by Gasteiger charge is -2.02. The fourth-order valence-corrected chi connectivity index (χ4v) is 1.83. The zero-order valence-corrected chi connectivity index (χ0v) is 8.94. The van der Waals surface area contributed by atoms with Crippen LogP contribution >= 0.6 is 23.2 Å². The average Bonchev–Trinajstić information content (AvgIpc) is 2.62. The van der Waals surface area contributed by atoms with Gasteiger partial charge in [-0.1, -0.05) is 29.3 Å². The van der Waals surface area contributed by atoms with Crippen molar-refractivity contribution in [2.24, 2.45) is 0 Å². The van der Waals surface area contributed by atoms with Gasteiger partial charge in [0.2, 0.25) is 0 Å². The third-order valence-corrected chi connectivity index (χ3v) is 2.66. The minimum Gasteiger partial charge on any atom is -0.367 e. The maximum Gasteiger partial charge on any atom is 0.0456 e. The molecule has 0 atom stereocenters. The largest absolute Gasteiger partial charge is 0.367 e. The summed E-state index contributed by atoms with van der Waals surface area (Å²) in [7, 11) is 0. The zero-order chi connectivity index (χ0) is 9.97. The van der Waals surface area contributed by atoms with E-state index >= 15 is 0 Å². The molecule has 1 heterocycles. The van der Waals surface area contributed by atoms with Crippen LogP contribution < -0.4 is 0 Å². The summed E-state index contributed by atoms with van der Waals surface area (Å²) in [5, 5.41) is 1.39. The Labute approximate surface area is 92.7 Å². The molecular formula is C11H9Cl2N. The Hall–Kier alpha value is -0.920. The molecule has 1 N–H and O–H groups in total. The molecule has 1 aromatic carbocycles. The van der Waals surface area contributed by atoms with Crippen molar-refractivity contribution in [2.45, 2.75) is 6.42 Å². The highest BCUT2D eigenvalue weighted by Crippen LogP contribution is 2.23. The number of rotatable bonds is 2. The summed E-state index contributed by atoms with van der Waals surface area (Å²) in [4.78, 5) is 3.01. The van der Waals surface area contributed by atoms with Gasteiger partial charge in [-0.2, -0.15) is 0 Å². The topological polar surface area (TPSA) is 15.8 Å². The van der Waals surface area contributed by atoms with Crippen molar-refractivity contribution in [2.75, 3.05) is 0 Å². The van der Waals surface area contributed by atoms with E-state index in [4.69, 9.17) is 23.2 Å². The molecule has 1 aromatic heterocycles. The maximum atomic E-state index is 6.05. The standard InChI is InChI=1S/C11H9Cl2N/c12-10-2-1-9(11(13)6-10)5-8-3-4-14-7-8/h1-4,6-7,14H,5H2. The summed E-state index contributed by atoms with van der Waals surface area (Å²) in [5.41, 5.74) is 2.31. The third-order valence-electron chi connectivity index (χ3n) is 2.07. The molecule has 2 aromatic rings. The number of hydrogen-bond donors (Lipinski definition) is 1. The zero-order valence-electron chi connectivity index (χ0n) is 7.43. The predicted octanol–water partition coefficient (Wildman–Crippen LogP) is 3.91. The number of H-pyrrole nitrogens is 1. The Balaban J connectivity index is 2.25. The molecule has 0 bridgehead atoms. The number of benzene rings is 1. The smallest absolute Gasteiger partial charge is 0.0456 e. The third kappa shape index (κ3) is 2.11. The molecule has 2 rings (SSSR count). The summed E-state index contributed by atoms with van der Waals surface area (Å²) >= 11 is 11.9. The molecule has 3 heteroatoms. The highest BCUT2D eigenvalue weighted by molar-refractivity contribution is 6.35. The summed E-state index contributed by atoms with van der Waals surface area (Å²) in [6.45, 7) is 0. The van der Waals surface area contributed by atoms with Crippen LogP contribution in [0, 0.1) is 0 Å². The van der Waals surface area contributed by atoms with Gasteiger partial charge in [0.25, 0.3) is 0 Å². The summed E-state index contributed by atoms with van der Waals surface area (Å²) in [5.74, 6) is 0. The van der Waals surface area contributed by atoms with E-state index in [1.54, 1.807) is 6.07 Å². The Morgan fingerprint density at radius 2 is 2.00 bits per heavy atom. The van der Waals surface area contributed by atoms with Crippen LogP contribution in [0.15, 0.2) is 36.7 Å². The number of nitrogens with one attached hydrogen (secondary N) is 1. The maximum absolute atomic E-state index is 6.05. The second-order valence-corrected chi connectivity index (χ2v) is 3.98. The van der Waals surface area contributed by atoms with Crippen molar-refractivity contribution in [3.8, 4) is 0 Å². The normalized spacial score (nSPS) is 10.4. The molecule has 0 aliphatic heterocycles. The minimum atomic E-state index is 0.674. The highest BCUT2D eigenvalue weighted by atomic mass is 35.5. The molecule has 0 fully saturated rings. The lowest BCUT2D eigenvalue weighted by Crippen LogP contribution is -1.86. The molecule has 0 amide bonds. The Kier molecular flexibility index (Phi) is 2.80. The van der Waals surface area contributed by atoms with Crippen LogP contribution in [0.25, 0.3) is 0 Å². The van der Waals surface area contributed by atoms with Gasteiger partial charge in [0.15, 0.2) is 0 Å². The van der Waals surface area contributed by atoms with E-state index in [1.807, 2.05) is 30.6 Å². The van der Waals surface area contributed by atoms with E-state index in [2.05, 4.69) is 4.98 Å². The molecule has 0 spiro atoms. The predicted molar refractivity (Wildman–Crippen MR) is 60.1 cm³/mol. The molecule has 0 saturated heterocycles. The first-order valence-electron chi connectivity index (χ1n) is 4.31. The van der Waals surface area contributed by atoms with E-state index in [9.17, 15) is 0 Å². The summed E-state index contributed by atoms with van der Waals surface area (Å²) in [6, 6.07) is 7.61. The van der Waals surface area contributed by atoms with Gasteiger partial charge in [-0.3, -0.25) is 0 Å². The van der Waals surface area contributed by atoms with Crippen molar-refractivity contribution in [3.63, 3.8) is 0 Å². The second-order valence-electron chi connectivity index (χ2n) is 3.13. The lowest BCUT2D eigenvalue weighted by atomic mass is 10.1. The van der Waals surface area contributed by atoms with Gasteiger partial charge < -0.3 is 4.98 Å². The van der Waals surface area contributed by atoms with E-state index < -0.39 is 0 Å². The van der Waals surface area contributed by atoms with E-state index in [0.717, 1.165) is 17.0 Å². The quantitative estimate of drug-likeness (QED) is 0.798. The minimum absolute atomic E-state index is 0.674. The van der Waals surface area contributed by atoms with Crippen LogP contribution in [0.2, 0.25) is 10.0 Å². The monoisotopic (exact) mass is 225 g/mol. The van der Waals surface area contributed by atoms with Gasteiger partial charge in [-0.05, 0) is 29.3 Å². The molecule has 1 nitrogen and oxygen atoms in total. The van der Waals surface area contributed by atoms with Gasteiger partial charge in [0.1, 0.15) is 0 Å². The molecule has 0 aliphatic rings. The van der Waals surface area contributed by atoms with Crippen molar-refractivity contribution in [1.82, 2.24) is 4.98 Å². The van der Waals surface area contributed by atoms with Gasteiger partial charge in [0, 0.05) is 28.9 Å². The Bertz CT molecular complexity index is 421. The van der Waals surface area contributed by atoms with Crippen molar-refractivity contribution >= 4 is 23.2 Å². The molecule has 0 unspecified atom stereocenters. The van der Waals surface area contributed by atoms with Gasteiger partial charge in [0.05, 0.1) is 0 Å². The van der Waals surface area contributed by atoms with Crippen LogP contribution in [-0.2, 0) is 6.42 Å². The van der Waals surface area contributed by atoms with E-state index in [1.165, 1.54) is 5.56 Å². The van der Waals surface area contributed by atoms with Crippen LogP contribution in [0.1, 0.15) is 11.1 Å². The number of aromatic nitrogens is 1. The van der Waals surface area contributed by atoms with Crippen molar-refractivity contribution < 1.29 is 0 Å². The molecule has 14 heavy (non-hydrogen) atoms. The van der Waals surface area contributed by atoms with E-state index in [-0.39, 0.29) is 0 Å². The lowest BCUT2D eigenvalue weighted by molar-refractivity contribution is 1.20. The van der Waals surface area contributed by atoms with Crippen LogP contribution in [-0.4, -0.2) is 4.98 Å². The van der Waals surface area contributed by atoms with Gasteiger partial charge in [-0.15, -0.1) is 0 Å². The SMILES string of the molecule is Clc1ccc(Cc2cc[nH]c2)c(Cl)c1. The number of halogens is 2. The second kappa shape index (κ2) is 4.07. The molecule has 0 saturated carbocycles. The van der Waals surface area contributed by atoms with Gasteiger partial charge >= 0.3 is 0 Å². The van der Waals surface area contributed by atoms with Crippen LogP contribution in [0.4, 0.5) is 0 Å². The summed E-state index contributed by atoms with van der Waals surface area (Å²) < 4.78 is 0. The first kappa shape index (κ1) is 9.63. The highest BCUT2D eigenvalue weighted by Gasteiger charge is 2.02. The Morgan fingerprint density at radius 1 is 1.14 bits per heavy atom. The first-order chi connectivity index (χ1) is 6.75. The number of aromatic amines is 1. The first-order valence-corrected chi connectivity index (χ1v) is 5.07. The molecule has 72 valence electrons. The summed E-state index contributed by atoms with van der Waals surface area (Å²) in [6.07, 6.45) is 4.70. The van der Waals surface area contributed by atoms with Crippen LogP contribution in [0.3, 0.4) is 0 Å². The Morgan fingerprint density at radius 3 is 2.64 bits per heavy atom. The molecule has 0 radical (unpaired) electrons. The molecular weight excluding hydrogens is 217 g/mol.